The number of amides is 1. The lowest BCUT2D eigenvalue weighted by atomic mass is 10.1. The molecule has 118 valence electrons. The van der Waals surface area contributed by atoms with Gasteiger partial charge in [0, 0.05) is 23.9 Å². The Labute approximate surface area is 128 Å². The van der Waals surface area contributed by atoms with Gasteiger partial charge >= 0.3 is 0 Å². The zero-order chi connectivity index (χ0) is 16.1. The maximum absolute atomic E-state index is 12.0. The van der Waals surface area contributed by atoms with Crippen molar-refractivity contribution in [3.05, 3.63) is 45.8 Å². The van der Waals surface area contributed by atoms with Crippen molar-refractivity contribution in [1.29, 1.82) is 0 Å². The van der Waals surface area contributed by atoms with Gasteiger partial charge in [0.1, 0.15) is 22.0 Å². The molecular formula is C14H16N2O5S. The minimum Gasteiger partial charge on any atom is -0.459 e. The molecule has 22 heavy (non-hydrogen) atoms. The van der Waals surface area contributed by atoms with Crippen LogP contribution in [0.25, 0.3) is 11.0 Å². The van der Waals surface area contributed by atoms with Gasteiger partial charge in [0.05, 0.1) is 11.9 Å². The number of nitrogens with one attached hydrogen (secondary N) is 1. The first kappa shape index (κ1) is 16.2. The van der Waals surface area contributed by atoms with Gasteiger partial charge in [-0.2, -0.15) is 0 Å². The molecule has 0 bridgehead atoms. The first-order valence-corrected chi connectivity index (χ1v) is 8.04. The van der Waals surface area contributed by atoms with Crippen LogP contribution in [-0.4, -0.2) is 26.6 Å². The summed E-state index contributed by atoms with van der Waals surface area (Å²) in [5.41, 5.74) is 5.85. The molecule has 1 aromatic carbocycles. The summed E-state index contributed by atoms with van der Waals surface area (Å²) < 4.78 is 26.3. The number of carbonyl (C=O) groups is 1. The molecule has 1 amide bonds. The molecule has 3 N–H and O–H groups in total. The highest BCUT2D eigenvalue weighted by Gasteiger charge is 2.09. The van der Waals surface area contributed by atoms with Crippen LogP contribution in [0.3, 0.4) is 0 Å². The third-order valence-electron chi connectivity index (χ3n) is 3.04. The molecule has 0 aliphatic carbocycles. The molecule has 0 aliphatic rings. The zero-order valence-electron chi connectivity index (χ0n) is 11.7. The van der Waals surface area contributed by atoms with Crippen LogP contribution in [0.1, 0.15) is 22.5 Å². The summed E-state index contributed by atoms with van der Waals surface area (Å²) in [5.74, 6) is 0.0328. The lowest BCUT2D eigenvalue weighted by Crippen LogP contribution is -2.25. The fourth-order valence-electron chi connectivity index (χ4n) is 1.96. The van der Waals surface area contributed by atoms with Gasteiger partial charge in [-0.1, -0.05) is 0 Å². The van der Waals surface area contributed by atoms with Gasteiger partial charge in [-0.15, -0.1) is 0 Å². The van der Waals surface area contributed by atoms with E-state index in [1.165, 1.54) is 18.2 Å². The Kier molecular flexibility index (Phi) is 5.29. The molecule has 2 aromatic rings. The van der Waals surface area contributed by atoms with E-state index in [1.54, 1.807) is 6.07 Å². The summed E-state index contributed by atoms with van der Waals surface area (Å²) in [6.07, 6.45) is 0.347. The normalized spacial score (nSPS) is 11.0. The fourth-order valence-corrected chi connectivity index (χ4v) is 2.38. The van der Waals surface area contributed by atoms with Gasteiger partial charge in [-0.25, -0.2) is 8.42 Å². The van der Waals surface area contributed by atoms with Crippen molar-refractivity contribution in [1.82, 2.24) is 5.32 Å². The van der Waals surface area contributed by atoms with Crippen LogP contribution in [-0.2, 0) is 17.2 Å². The average molecular weight is 324 g/mol. The fraction of sp³-hybridized carbons (Fsp3) is 0.286. The molecule has 0 unspecified atom stereocenters. The third kappa shape index (κ3) is 3.92. The lowest BCUT2D eigenvalue weighted by Gasteiger charge is -2.05. The monoisotopic (exact) mass is 324 g/mol. The molecule has 0 saturated heterocycles. The molecule has 8 heteroatoms. The van der Waals surface area contributed by atoms with Crippen molar-refractivity contribution in [3.63, 3.8) is 0 Å². The number of fused-ring (bicyclic) bond motifs is 1. The summed E-state index contributed by atoms with van der Waals surface area (Å²) in [4.78, 5) is 23.9. The smallest absolute Gasteiger partial charge is 0.251 e. The average Bonchev–Trinajstić information content (AvgIpc) is 2.50. The minimum absolute atomic E-state index is 0.0266. The van der Waals surface area contributed by atoms with E-state index in [2.05, 4.69) is 5.32 Å². The lowest BCUT2D eigenvalue weighted by molar-refractivity contribution is 0.0954. The largest absolute Gasteiger partial charge is 0.459 e. The number of thiol groups is 1. The molecule has 0 saturated carbocycles. The molecular weight excluding hydrogens is 308 g/mol. The zero-order valence-corrected chi connectivity index (χ0v) is 12.6. The third-order valence-corrected chi connectivity index (χ3v) is 3.73. The molecule has 0 spiro atoms. The quantitative estimate of drug-likeness (QED) is 0.507. The molecule has 7 nitrogen and oxygen atoms in total. The maximum atomic E-state index is 12.0. The second-order valence-electron chi connectivity index (χ2n) is 4.66. The number of benzene rings is 1. The van der Waals surface area contributed by atoms with Crippen LogP contribution >= 0.6 is 0 Å². The van der Waals surface area contributed by atoms with Crippen LogP contribution in [0.2, 0.25) is 0 Å². The second kappa shape index (κ2) is 7.19. The SMILES string of the molecule is NCc1cc(=O)c2cc(C(=O)NCCC[SH](=O)=O)ccc2o1. The van der Waals surface area contributed by atoms with Crippen molar-refractivity contribution >= 4 is 27.6 Å². The Morgan fingerprint density at radius 3 is 2.73 bits per heavy atom. The van der Waals surface area contributed by atoms with E-state index in [-0.39, 0.29) is 30.2 Å². The van der Waals surface area contributed by atoms with Gasteiger partial charge in [0.15, 0.2) is 5.43 Å². The molecule has 2 rings (SSSR count). The van der Waals surface area contributed by atoms with Crippen molar-refractivity contribution in [2.75, 3.05) is 12.3 Å². The molecule has 0 fully saturated rings. The topological polar surface area (TPSA) is 119 Å². The highest BCUT2D eigenvalue weighted by molar-refractivity contribution is 7.72. The van der Waals surface area contributed by atoms with Crippen LogP contribution < -0.4 is 16.5 Å². The molecule has 1 aromatic heterocycles. The molecule has 0 atom stereocenters. The highest BCUT2D eigenvalue weighted by atomic mass is 32.2. The Bertz CT molecular complexity index is 818. The minimum atomic E-state index is -2.43. The summed E-state index contributed by atoms with van der Waals surface area (Å²) in [6, 6.07) is 5.83. The predicted octanol–water partition coefficient (Wildman–Crippen LogP) is -0.0170. The standard InChI is InChI=1S/C14H16N2O5S/c15-8-10-7-12(17)11-6-9(2-3-13(11)21-10)14(18)16-4-1-5-22(19)20/h2-3,6-7,22H,1,4-5,8,15H2,(H,16,18). The van der Waals surface area contributed by atoms with E-state index in [0.29, 0.717) is 28.7 Å². The second-order valence-corrected chi connectivity index (χ2v) is 5.77. The van der Waals surface area contributed by atoms with E-state index in [9.17, 15) is 18.0 Å². The van der Waals surface area contributed by atoms with Crippen molar-refractivity contribution in [3.8, 4) is 0 Å². The van der Waals surface area contributed by atoms with Crippen LogP contribution in [0.5, 0.6) is 0 Å². The van der Waals surface area contributed by atoms with Crippen molar-refractivity contribution in [2.45, 2.75) is 13.0 Å². The van der Waals surface area contributed by atoms with Gasteiger partial charge in [0.2, 0.25) is 0 Å². The summed E-state index contributed by atoms with van der Waals surface area (Å²) in [6.45, 7) is 0.371. The number of nitrogens with two attached hydrogens (primary N) is 1. The van der Waals surface area contributed by atoms with Crippen molar-refractivity contribution < 1.29 is 17.6 Å². The van der Waals surface area contributed by atoms with Gasteiger partial charge in [0.25, 0.3) is 5.91 Å². The molecule has 1 heterocycles. The van der Waals surface area contributed by atoms with Gasteiger partial charge in [-0.3, -0.25) is 9.59 Å². The first-order valence-electron chi connectivity index (χ1n) is 6.68. The van der Waals surface area contributed by atoms with E-state index in [4.69, 9.17) is 10.2 Å². The summed E-state index contributed by atoms with van der Waals surface area (Å²) in [5, 5.41) is 2.90. The first-order chi connectivity index (χ1) is 10.5. The van der Waals surface area contributed by atoms with Crippen LogP contribution in [0.4, 0.5) is 0 Å². The summed E-state index contributed by atoms with van der Waals surface area (Å²) in [7, 11) is -2.43. The van der Waals surface area contributed by atoms with E-state index >= 15 is 0 Å². The molecule has 0 radical (unpaired) electrons. The number of hydrogen-bond donors (Lipinski definition) is 3. The number of carbonyl (C=O) groups excluding carboxylic acids is 1. The Morgan fingerprint density at radius 2 is 2.05 bits per heavy atom. The van der Waals surface area contributed by atoms with Gasteiger partial charge < -0.3 is 15.5 Å². The predicted molar refractivity (Wildman–Crippen MR) is 82.5 cm³/mol. The Hall–Kier alpha value is -2.19. The van der Waals surface area contributed by atoms with Crippen LogP contribution in [0.15, 0.2) is 33.5 Å². The number of hydrogen-bond acceptors (Lipinski definition) is 6. The Balaban J connectivity index is 2.17. The molecule has 0 aliphatic heterocycles. The Morgan fingerprint density at radius 1 is 1.27 bits per heavy atom. The number of rotatable bonds is 6. The van der Waals surface area contributed by atoms with Gasteiger partial charge in [-0.05, 0) is 24.6 Å². The summed E-state index contributed by atoms with van der Waals surface area (Å²) >= 11 is 0. The van der Waals surface area contributed by atoms with Crippen LogP contribution in [0, 0.1) is 0 Å². The van der Waals surface area contributed by atoms with Crippen molar-refractivity contribution in [2.24, 2.45) is 5.73 Å². The van der Waals surface area contributed by atoms with E-state index in [1.807, 2.05) is 0 Å². The maximum Gasteiger partial charge on any atom is 0.251 e. The van der Waals surface area contributed by atoms with E-state index < -0.39 is 10.7 Å². The highest BCUT2D eigenvalue weighted by Crippen LogP contribution is 2.14. The van der Waals surface area contributed by atoms with E-state index in [0.717, 1.165) is 0 Å².